The van der Waals surface area contributed by atoms with E-state index in [1.165, 1.54) is 17.8 Å². The van der Waals surface area contributed by atoms with Crippen LogP contribution in [0.25, 0.3) is 0 Å². The summed E-state index contributed by atoms with van der Waals surface area (Å²) in [5, 5.41) is 3.23. The van der Waals surface area contributed by atoms with Crippen molar-refractivity contribution in [2.24, 2.45) is 0 Å². The third-order valence-corrected chi connectivity index (χ3v) is 4.32. The minimum atomic E-state index is -0.191. The molecule has 0 aliphatic rings. The summed E-state index contributed by atoms with van der Waals surface area (Å²) in [5.74, 6) is 1.02. The summed E-state index contributed by atoms with van der Waals surface area (Å²) < 4.78 is 13.6. The van der Waals surface area contributed by atoms with Crippen LogP contribution in [0, 0.1) is 12.7 Å². The van der Waals surface area contributed by atoms with Gasteiger partial charge in [-0.3, -0.25) is 0 Å². The van der Waals surface area contributed by atoms with Crippen LogP contribution < -0.4 is 11.1 Å². The summed E-state index contributed by atoms with van der Waals surface area (Å²) in [7, 11) is 1.87. The molecule has 0 spiro atoms. The van der Waals surface area contributed by atoms with E-state index in [0.717, 1.165) is 11.1 Å². The molecular formula is C15H18FN3S. The van der Waals surface area contributed by atoms with Crippen molar-refractivity contribution >= 4 is 17.6 Å². The van der Waals surface area contributed by atoms with E-state index in [4.69, 9.17) is 5.73 Å². The van der Waals surface area contributed by atoms with Gasteiger partial charge in [-0.15, -0.1) is 11.8 Å². The molecule has 1 aromatic carbocycles. The van der Waals surface area contributed by atoms with Gasteiger partial charge in [0.1, 0.15) is 11.6 Å². The van der Waals surface area contributed by atoms with Gasteiger partial charge in [0, 0.05) is 28.5 Å². The second kappa shape index (κ2) is 6.72. The maximum atomic E-state index is 13.6. The van der Waals surface area contributed by atoms with Crippen molar-refractivity contribution in [1.29, 1.82) is 0 Å². The highest BCUT2D eigenvalue weighted by molar-refractivity contribution is 7.99. The van der Waals surface area contributed by atoms with Gasteiger partial charge < -0.3 is 11.1 Å². The number of nitrogens with two attached hydrogens (primary N) is 1. The number of nitrogens with zero attached hydrogens (tertiary/aromatic N) is 1. The molecule has 0 fully saturated rings. The molecule has 0 saturated heterocycles. The molecule has 2 aromatic rings. The van der Waals surface area contributed by atoms with Crippen molar-refractivity contribution in [3.05, 3.63) is 53.5 Å². The van der Waals surface area contributed by atoms with E-state index in [1.807, 2.05) is 26.1 Å². The molecule has 1 atom stereocenters. The molecule has 0 aliphatic carbocycles. The molecule has 1 heterocycles. The first kappa shape index (κ1) is 14.8. The highest BCUT2D eigenvalue weighted by atomic mass is 32.2. The van der Waals surface area contributed by atoms with Gasteiger partial charge in [-0.25, -0.2) is 9.37 Å². The second-order valence-corrected chi connectivity index (χ2v) is 5.57. The van der Waals surface area contributed by atoms with Crippen LogP contribution in [0.2, 0.25) is 0 Å². The molecule has 3 nitrogen and oxygen atoms in total. The number of thioether (sulfide) groups is 1. The highest BCUT2D eigenvalue weighted by Gasteiger charge is 2.16. The van der Waals surface area contributed by atoms with Gasteiger partial charge in [-0.1, -0.05) is 12.1 Å². The van der Waals surface area contributed by atoms with Crippen LogP contribution in [-0.2, 0) is 0 Å². The number of pyridine rings is 1. The molecule has 2 rings (SSSR count). The first-order chi connectivity index (χ1) is 9.63. The Bertz CT molecular complexity index is 569. The van der Waals surface area contributed by atoms with Gasteiger partial charge in [-0.05, 0) is 37.7 Å². The molecule has 0 radical (unpaired) electrons. The number of aryl methyl sites for hydroxylation is 1. The fourth-order valence-corrected chi connectivity index (χ4v) is 3.15. The van der Waals surface area contributed by atoms with Crippen LogP contribution in [0.1, 0.15) is 17.2 Å². The Morgan fingerprint density at radius 3 is 2.75 bits per heavy atom. The van der Waals surface area contributed by atoms with Crippen molar-refractivity contribution in [2.45, 2.75) is 17.9 Å². The Labute approximate surface area is 122 Å². The summed E-state index contributed by atoms with van der Waals surface area (Å²) in [6, 6.07) is 8.76. The van der Waals surface area contributed by atoms with Crippen molar-refractivity contribution < 1.29 is 4.39 Å². The number of anilines is 1. The molecule has 0 bridgehead atoms. The second-order valence-electron chi connectivity index (χ2n) is 4.51. The van der Waals surface area contributed by atoms with E-state index < -0.39 is 0 Å². The van der Waals surface area contributed by atoms with Gasteiger partial charge in [-0.2, -0.15) is 0 Å². The Kier molecular flexibility index (Phi) is 4.98. The Hall–Kier alpha value is -1.59. The fourth-order valence-electron chi connectivity index (χ4n) is 2.09. The van der Waals surface area contributed by atoms with Crippen molar-refractivity contribution in [1.82, 2.24) is 10.3 Å². The maximum absolute atomic E-state index is 13.6. The normalized spacial score (nSPS) is 12.3. The SMILES string of the molecule is CNC(CSc1ccccc1F)c1c(C)ccnc1N. The van der Waals surface area contributed by atoms with Crippen LogP contribution in [0.4, 0.5) is 10.2 Å². The van der Waals surface area contributed by atoms with Gasteiger partial charge in [0.2, 0.25) is 0 Å². The average molecular weight is 291 g/mol. The van der Waals surface area contributed by atoms with Crippen LogP contribution in [0.3, 0.4) is 0 Å². The lowest BCUT2D eigenvalue weighted by Crippen LogP contribution is -2.21. The summed E-state index contributed by atoms with van der Waals surface area (Å²) in [6.07, 6.45) is 1.70. The van der Waals surface area contributed by atoms with Crippen molar-refractivity contribution in [2.75, 3.05) is 18.5 Å². The molecule has 1 unspecified atom stereocenters. The number of nitrogens with one attached hydrogen (secondary N) is 1. The largest absolute Gasteiger partial charge is 0.383 e. The topological polar surface area (TPSA) is 50.9 Å². The third kappa shape index (κ3) is 3.29. The smallest absolute Gasteiger partial charge is 0.136 e. The maximum Gasteiger partial charge on any atom is 0.136 e. The monoisotopic (exact) mass is 291 g/mol. The van der Waals surface area contributed by atoms with Gasteiger partial charge in [0.25, 0.3) is 0 Å². The summed E-state index contributed by atoms with van der Waals surface area (Å²) >= 11 is 1.47. The molecule has 20 heavy (non-hydrogen) atoms. The van der Waals surface area contributed by atoms with E-state index in [0.29, 0.717) is 16.5 Å². The molecule has 3 N–H and O–H groups in total. The molecule has 0 amide bonds. The predicted octanol–water partition coefficient (Wildman–Crippen LogP) is 3.16. The predicted molar refractivity (Wildman–Crippen MR) is 82.3 cm³/mol. The van der Waals surface area contributed by atoms with Crippen molar-refractivity contribution in [3.63, 3.8) is 0 Å². The summed E-state index contributed by atoms with van der Waals surface area (Å²) in [6.45, 7) is 2.01. The summed E-state index contributed by atoms with van der Waals surface area (Å²) in [4.78, 5) is 4.78. The number of nitrogen functional groups attached to an aromatic ring is 1. The lowest BCUT2D eigenvalue weighted by molar-refractivity contribution is 0.600. The quantitative estimate of drug-likeness (QED) is 0.831. The minimum Gasteiger partial charge on any atom is -0.383 e. The zero-order valence-corrected chi connectivity index (χ0v) is 12.4. The summed E-state index contributed by atoms with van der Waals surface area (Å²) in [5.41, 5.74) is 8.04. The van der Waals surface area contributed by atoms with Crippen LogP contribution >= 0.6 is 11.8 Å². The van der Waals surface area contributed by atoms with Gasteiger partial charge >= 0.3 is 0 Å². The number of halogens is 1. The van der Waals surface area contributed by atoms with Crippen LogP contribution in [0.15, 0.2) is 41.4 Å². The lowest BCUT2D eigenvalue weighted by atomic mass is 10.0. The zero-order chi connectivity index (χ0) is 14.5. The van der Waals surface area contributed by atoms with E-state index in [1.54, 1.807) is 18.3 Å². The third-order valence-electron chi connectivity index (χ3n) is 3.18. The van der Waals surface area contributed by atoms with E-state index in [9.17, 15) is 4.39 Å². The Balaban J connectivity index is 2.16. The Morgan fingerprint density at radius 2 is 2.10 bits per heavy atom. The van der Waals surface area contributed by atoms with E-state index in [2.05, 4.69) is 10.3 Å². The van der Waals surface area contributed by atoms with E-state index in [-0.39, 0.29) is 11.9 Å². The van der Waals surface area contributed by atoms with E-state index >= 15 is 0 Å². The standard InChI is InChI=1S/C15H18FN3S/c1-10-7-8-19-15(17)14(10)12(18-2)9-20-13-6-4-3-5-11(13)16/h3-8,12,18H,9H2,1-2H3,(H2,17,19). The number of hydrogen-bond donors (Lipinski definition) is 2. The first-order valence-electron chi connectivity index (χ1n) is 6.39. The highest BCUT2D eigenvalue weighted by Crippen LogP contribution is 2.29. The van der Waals surface area contributed by atoms with Crippen LogP contribution in [-0.4, -0.2) is 17.8 Å². The minimum absolute atomic E-state index is 0.0355. The zero-order valence-electron chi connectivity index (χ0n) is 11.6. The fraction of sp³-hybridized carbons (Fsp3) is 0.267. The number of rotatable bonds is 5. The molecule has 106 valence electrons. The van der Waals surface area contributed by atoms with Crippen LogP contribution in [0.5, 0.6) is 0 Å². The lowest BCUT2D eigenvalue weighted by Gasteiger charge is -2.19. The van der Waals surface area contributed by atoms with Crippen molar-refractivity contribution in [3.8, 4) is 0 Å². The molecule has 5 heteroatoms. The number of hydrogen-bond acceptors (Lipinski definition) is 4. The molecular weight excluding hydrogens is 273 g/mol. The first-order valence-corrected chi connectivity index (χ1v) is 7.37. The number of benzene rings is 1. The molecule has 0 aliphatic heterocycles. The van der Waals surface area contributed by atoms with Gasteiger partial charge in [0.05, 0.1) is 0 Å². The van der Waals surface area contributed by atoms with Gasteiger partial charge in [0.15, 0.2) is 0 Å². The average Bonchev–Trinajstić information content (AvgIpc) is 2.43. The molecule has 1 aromatic heterocycles. The number of aromatic nitrogens is 1. The molecule has 0 saturated carbocycles. The Morgan fingerprint density at radius 1 is 1.35 bits per heavy atom.